The largest absolute Gasteiger partial charge is 0.490 e. The van der Waals surface area contributed by atoms with Crippen LogP contribution in [0.3, 0.4) is 0 Å². The lowest BCUT2D eigenvalue weighted by Crippen LogP contribution is -2.22. The fraction of sp³-hybridized carbons (Fsp3) is 0.500. The molecule has 0 saturated heterocycles. The zero-order valence-corrected chi connectivity index (χ0v) is 11.0. The molecule has 0 aromatic heterocycles. The molecular formula is C16H21NO. The van der Waals surface area contributed by atoms with Crippen molar-refractivity contribution in [3.05, 3.63) is 29.8 Å². The van der Waals surface area contributed by atoms with Gasteiger partial charge >= 0.3 is 0 Å². The SMILES string of the molecule is CC1CCC(Oc2cccc(C#CCN)c2)CC1. The fourth-order valence-electron chi connectivity index (χ4n) is 2.34. The molecule has 1 aliphatic carbocycles. The number of nitrogens with two attached hydrogens (primary N) is 1. The van der Waals surface area contributed by atoms with E-state index in [0.717, 1.165) is 17.2 Å². The van der Waals surface area contributed by atoms with E-state index in [-0.39, 0.29) is 0 Å². The van der Waals surface area contributed by atoms with Gasteiger partial charge < -0.3 is 10.5 Å². The number of ether oxygens (including phenoxy) is 1. The molecule has 1 fully saturated rings. The third kappa shape index (κ3) is 3.78. The maximum atomic E-state index is 6.03. The minimum atomic E-state index is 0.374. The maximum Gasteiger partial charge on any atom is 0.120 e. The summed E-state index contributed by atoms with van der Waals surface area (Å²) in [6.07, 6.45) is 5.26. The highest BCUT2D eigenvalue weighted by Crippen LogP contribution is 2.27. The molecule has 0 radical (unpaired) electrons. The quantitative estimate of drug-likeness (QED) is 0.811. The number of rotatable bonds is 2. The first kappa shape index (κ1) is 13.0. The van der Waals surface area contributed by atoms with Gasteiger partial charge in [-0.1, -0.05) is 24.8 Å². The van der Waals surface area contributed by atoms with Crippen LogP contribution in [-0.4, -0.2) is 12.6 Å². The van der Waals surface area contributed by atoms with E-state index in [1.807, 2.05) is 24.3 Å². The van der Waals surface area contributed by atoms with Crippen molar-refractivity contribution in [3.8, 4) is 17.6 Å². The lowest BCUT2D eigenvalue weighted by molar-refractivity contribution is 0.135. The van der Waals surface area contributed by atoms with Crippen LogP contribution in [0.15, 0.2) is 24.3 Å². The Hall–Kier alpha value is -1.46. The Morgan fingerprint density at radius 1 is 1.28 bits per heavy atom. The molecule has 1 aromatic rings. The van der Waals surface area contributed by atoms with Gasteiger partial charge in [-0.3, -0.25) is 0 Å². The predicted molar refractivity (Wildman–Crippen MR) is 74.4 cm³/mol. The first-order valence-corrected chi connectivity index (χ1v) is 6.73. The highest BCUT2D eigenvalue weighted by molar-refractivity contribution is 5.40. The molecule has 0 aliphatic heterocycles. The van der Waals surface area contributed by atoms with Crippen molar-refractivity contribution >= 4 is 0 Å². The molecule has 1 aromatic carbocycles. The van der Waals surface area contributed by atoms with Crippen molar-refractivity contribution in [1.29, 1.82) is 0 Å². The Morgan fingerprint density at radius 2 is 2.06 bits per heavy atom. The molecule has 0 amide bonds. The third-order valence-corrected chi connectivity index (χ3v) is 3.43. The van der Waals surface area contributed by atoms with Crippen molar-refractivity contribution in [3.63, 3.8) is 0 Å². The van der Waals surface area contributed by atoms with Crippen molar-refractivity contribution in [2.24, 2.45) is 11.7 Å². The minimum Gasteiger partial charge on any atom is -0.490 e. The summed E-state index contributed by atoms with van der Waals surface area (Å²) >= 11 is 0. The van der Waals surface area contributed by atoms with Gasteiger partial charge in [0.05, 0.1) is 12.6 Å². The molecule has 2 rings (SSSR count). The maximum absolute atomic E-state index is 6.03. The fourth-order valence-corrected chi connectivity index (χ4v) is 2.34. The monoisotopic (exact) mass is 243 g/mol. The Labute approximate surface area is 110 Å². The molecule has 0 bridgehead atoms. The van der Waals surface area contributed by atoms with Crippen molar-refractivity contribution in [2.45, 2.75) is 38.7 Å². The van der Waals surface area contributed by atoms with Crippen LogP contribution < -0.4 is 10.5 Å². The molecular weight excluding hydrogens is 222 g/mol. The van der Waals surface area contributed by atoms with Crippen LogP contribution in [0.2, 0.25) is 0 Å². The van der Waals surface area contributed by atoms with Crippen molar-refractivity contribution < 1.29 is 4.74 Å². The van der Waals surface area contributed by atoms with Crippen molar-refractivity contribution in [1.82, 2.24) is 0 Å². The van der Waals surface area contributed by atoms with E-state index < -0.39 is 0 Å². The van der Waals surface area contributed by atoms with Crippen LogP contribution in [0.5, 0.6) is 5.75 Å². The second kappa shape index (κ2) is 6.47. The second-order valence-electron chi connectivity index (χ2n) is 5.03. The summed E-state index contributed by atoms with van der Waals surface area (Å²) in [4.78, 5) is 0. The summed E-state index contributed by atoms with van der Waals surface area (Å²) in [7, 11) is 0. The van der Waals surface area contributed by atoms with E-state index in [1.54, 1.807) is 0 Å². The van der Waals surface area contributed by atoms with Gasteiger partial charge in [-0.15, -0.1) is 0 Å². The molecule has 0 spiro atoms. The van der Waals surface area contributed by atoms with Crippen LogP contribution in [0.25, 0.3) is 0 Å². The summed E-state index contributed by atoms with van der Waals surface area (Å²) in [5.74, 6) is 7.68. The van der Waals surface area contributed by atoms with Gasteiger partial charge in [0.1, 0.15) is 5.75 Å². The summed E-state index contributed by atoms with van der Waals surface area (Å²) in [6.45, 7) is 2.71. The zero-order chi connectivity index (χ0) is 12.8. The molecule has 96 valence electrons. The Morgan fingerprint density at radius 3 is 2.78 bits per heavy atom. The van der Waals surface area contributed by atoms with Crippen LogP contribution in [0.1, 0.15) is 38.2 Å². The van der Waals surface area contributed by atoms with E-state index in [1.165, 1.54) is 25.7 Å². The first-order chi connectivity index (χ1) is 8.78. The van der Waals surface area contributed by atoms with E-state index in [9.17, 15) is 0 Å². The van der Waals surface area contributed by atoms with Crippen LogP contribution in [0.4, 0.5) is 0 Å². The summed E-state index contributed by atoms with van der Waals surface area (Å²) < 4.78 is 6.03. The highest BCUT2D eigenvalue weighted by atomic mass is 16.5. The molecule has 2 heteroatoms. The molecule has 0 atom stereocenters. The lowest BCUT2D eigenvalue weighted by Gasteiger charge is -2.26. The molecule has 2 N–H and O–H groups in total. The average Bonchev–Trinajstić information content (AvgIpc) is 2.40. The minimum absolute atomic E-state index is 0.374. The number of hydrogen-bond acceptors (Lipinski definition) is 2. The van der Waals surface area contributed by atoms with E-state index in [2.05, 4.69) is 18.8 Å². The van der Waals surface area contributed by atoms with Gasteiger partial charge in [-0.05, 0) is 49.8 Å². The topological polar surface area (TPSA) is 35.2 Å². The lowest BCUT2D eigenvalue weighted by atomic mass is 9.89. The van der Waals surface area contributed by atoms with Gasteiger partial charge in [0.25, 0.3) is 0 Å². The molecule has 2 nitrogen and oxygen atoms in total. The molecule has 0 heterocycles. The van der Waals surface area contributed by atoms with Crippen LogP contribution in [-0.2, 0) is 0 Å². The van der Waals surface area contributed by atoms with E-state index in [4.69, 9.17) is 10.5 Å². The Kier molecular flexibility index (Phi) is 4.66. The normalized spacial score (nSPS) is 23.0. The first-order valence-electron chi connectivity index (χ1n) is 6.73. The van der Waals surface area contributed by atoms with Gasteiger partial charge in [0, 0.05) is 5.56 Å². The van der Waals surface area contributed by atoms with E-state index >= 15 is 0 Å². The second-order valence-corrected chi connectivity index (χ2v) is 5.03. The highest BCUT2D eigenvalue weighted by Gasteiger charge is 2.19. The molecule has 0 unspecified atom stereocenters. The van der Waals surface area contributed by atoms with Crippen LogP contribution >= 0.6 is 0 Å². The van der Waals surface area contributed by atoms with Gasteiger partial charge in [0.15, 0.2) is 0 Å². The number of benzene rings is 1. The average molecular weight is 243 g/mol. The van der Waals surface area contributed by atoms with Crippen molar-refractivity contribution in [2.75, 3.05) is 6.54 Å². The molecule has 18 heavy (non-hydrogen) atoms. The molecule has 1 aliphatic rings. The van der Waals surface area contributed by atoms with Crippen LogP contribution in [0, 0.1) is 17.8 Å². The predicted octanol–water partition coefficient (Wildman–Crippen LogP) is 2.95. The smallest absolute Gasteiger partial charge is 0.120 e. The Bertz CT molecular complexity index is 436. The van der Waals surface area contributed by atoms with E-state index in [0.29, 0.717) is 12.6 Å². The van der Waals surface area contributed by atoms with Gasteiger partial charge in [0.2, 0.25) is 0 Å². The standard InChI is InChI=1S/C16H21NO/c1-13-7-9-15(10-8-13)18-16-6-2-4-14(12-16)5-3-11-17/h2,4,6,12-13,15H,7-11,17H2,1H3. The zero-order valence-electron chi connectivity index (χ0n) is 11.0. The molecule has 1 saturated carbocycles. The summed E-state index contributed by atoms with van der Waals surface area (Å²) in [6, 6.07) is 7.98. The third-order valence-electron chi connectivity index (χ3n) is 3.43. The van der Waals surface area contributed by atoms with Gasteiger partial charge in [-0.2, -0.15) is 0 Å². The summed E-state index contributed by atoms with van der Waals surface area (Å²) in [5, 5.41) is 0. The summed E-state index contributed by atoms with van der Waals surface area (Å²) in [5.41, 5.74) is 6.35. The van der Waals surface area contributed by atoms with Gasteiger partial charge in [-0.25, -0.2) is 0 Å². The Balaban J connectivity index is 1.96. The number of hydrogen-bond donors (Lipinski definition) is 1.